The number of fused-ring (bicyclic) bond motifs is 1. The predicted molar refractivity (Wildman–Crippen MR) is 209 cm³/mol. The van der Waals surface area contributed by atoms with E-state index in [0.717, 1.165) is 53.2 Å². The van der Waals surface area contributed by atoms with Gasteiger partial charge in [-0.05, 0) is 94.8 Å². The Hall–Kier alpha value is -3.52. The lowest BCUT2D eigenvalue weighted by molar-refractivity contribution is -0.148. The molecule has 2 aliphatic rings. The summed E-state index contributed by atoms with van der Waals surface area (Å²) in [4.78, 5) is 14.9. The molecule has 2 aliphatic heterocycles. The Bertz CT molecular complexity index is 1770. The number of aryl methyl sites for hydroxylation is 1. The normalized spacial score (nSPS) is 20.0. The van der Waals surface area contributed by atoms with Crippen LogP contribution in [0.25, 0.3) is 0 Å². The third-order valence-corrected chi connectivity index (χ3v) is 12.3. The fourth-order valence-electron chi connectivity index (χ4n) is 7.32. The van der Waals surface area contributed by atoms with E-state index in [1.165, 1.54) is 4.31 Å². The average molecular weight is 767 g/mol. The summed E-state index contributed by atoms with van der Waals surface area (Å²) >= 11 is 0. The van der Waals surface area contributed by atoms with E-state index in [0.29, 0.717) is 39.5 Å². The van der Waals surface area contributed by atoms with Crippen LogP contribution in [0.4, 0.5) is 5.69 Å². The second-order valence-electron chi connectivity index (χ2n) is 15.1. The molecule has 1 saturated heterocycles. The fraction of sp³-hybridized carbons (Fsp3) is 0.548. The molecule has 0 amide bonds. The number of piperidine rings is 1. The summed E-state index contributed by atoms with van der Waals surface area (Å²) < 4.78 is 59.9. The Morgan fingerprint density at radius 3 is 2.44 bits per heavy atom. The summed E-state index contributed by atoms with van der Waals surface area (Å²) in [6.07, 6.45) is 0.905. The molecule has 3 aromatic rings. The highest BCUT2D eigenvalue weighted by Gasteiger charge is 2.46. The monoisotopic (exact) mass is 766 g/mol. The number of carbonyl (C=O) groups is 1. The molecule has 4 atom stereocenters. The van der Waals surface area contributed by atoms with Gasteiger partial charge in [-0.1, -0.05) is 48.0 Å². The zero-order valence-electron chi connectivity index (χ0n) is 32.7. The van der Waals surface area contributed by atoms with Gasteiger partial charge < -0.3 is 33.7 Å². The summed E-state index contributed by atoms with van der Waals surface area (Å²) in [6.45, 7) is 13.9. The van der Waals surface area contributed by atoms with Crippen molar-refractivity contribution in [2.45, 2.75) is 96.2 Å². The molecule has 0 saturated carbocycles. The molecule has 1 fully saturated rings. The third kappa shape index (κ3) is 10.6. The lowest BCUT2D eigenvalue weighted by Crippen LogP contribution is -2.53. The zero-order valence-corrected chi connectivity index (χ0v) is 33.5. The maximum atomic E-state index is 14.4. The second-order valence-corrected chi connectivity index (χ2v) is 17.0. The lowest BCUT2D eigenvalue weighted by atomic mass is 9.77. The van der Waals surface area contributed by atoms with Gasteiger partial charge in [0.15, 0.2) is 0 Å². The number of carboxylic acid groups (broad SMARTS) is 1. The number of anilines is 1. The van der Waals surface area contributed by atoms with E-state index in [-0.39, 0.29) is 36.5 Å². The Morgan fingerprint density at radius 2 is 1.76 bits per heavy atom. The SMILES string of the molecule is CCOC(C)COCc1ccc([C@H]2C[C@H](CC(C)(C)C(=O)O)N(S(=O)(=O)c3ccc(C)cc3)C[C@@H]2OCc2ccc3c(c2)N(CCCOC)CCO3)cc1. The summed E-state index contributed by atoms with van der Waals surface area (Å²) in [5.41, 5.74) is 3.75. The first-order chi connectivity index (χ1) is 25.8. The summed E-state index contributed by atoms with van der Waals surface area (Å²) in [5, 5.41) is 10.2. The number of carboxylic acids is 1. The minimum absolute atomic E-state index is 0.00177. The van der Waals surface area contributed by atoms with E-state index in [1.54, 1.807) is 45.2 Å². The van der Waals surface area contributed by atoms with Gasteiger partial charge in [0.05, 0.1) is 54.6 Å². The first kappa shape index (κ1) is 41.6. The van der Waals surface area contributed by atoms with Crippen LogP contribution < -0.4 is 9.64 Å². The van der Waals surface area contributed by atoms with Crippen LogP contribution in [0.5, 0.6) is 5.75 Å². The molecular formula is C42H58N2O9S. The number of methoxy groups -OCH3 is 1. The van der Waals surface area contributed by atoms with Crippen LogP contribution >= 0.6 is 0 Å². The highest BCUT2D eigenvalue weighted by Crippen LogP contribution is 2.41. The molecule has 3 aromatic carbocycles. The summed E-state index contributed by atoms with van der Waals surface area (Å²) in [6, 6.07) is 20.5. The minimum Gasteiger partial charge on any atom is -0.490 e. The van der Waals surface area contributed by atoms with Crippen molar-refractivity contribution in [3.8, 4) is 5.75 Å². The molecular weight excluding hydrogens is 709 g/mol. The van der Waals surface area contributed by atoms with Crippen molar-refractivity contribution < 1.29 is 42.0 Å². The average Bonchev–Trinajstić information content (AvgIpc) is 3.14. The summed E-state index contributed by atoms with van der Waals surface area (Å²) in [5.74, 6) is -0.349. The van der Waals surface area contributed by atoms with E-state index >= 15 is 0 Å². The number of hydrogen-bond acceptors (Lipinski definition) is 9. The van der Waals surface area contributed by atoms with Crippen LogP contribution in [0.15, 0.2) is 71.6 Å². The van der Waals surface area contributed by atoms with E-state index in [2.05, 4.69) is 23.1 Å². The van der Waals surface area contributed by atoms with Crippen molar-refractivity contribution in [2.24, 2.45) is 5.41 Å². The number of nitrogens with zero attached hydrogens (tertiary/aromatic N) is 2. The molecule has 54 heavy (non-hydrogen) atoms. The van der Waals surface area contributed by atoms with Gasteiger partial charge in [0, 0.05) is 45.4 Å². The molecule has 1 N–H and O–H groups in total. The molecule has 12 heteroatoms. The molecule has 0 aromatic heterocycles. The van der Waals surface area contributed by atoms with Gasteiger partial charge in [0.25, 0.3) is 0 Å². The van der Waals surface area contributed by atoms with Crippen LogP contribution in [0.3, 0.4) is 0 Å². The quantitative estimate of drug-likeness (QED) is 0.130. The van der Waals surface area contributed by atoms with Crippen LogP contribution in [-0.2, 0) is 47.0 Å². The molecule has 2 heterocycles. The Labute approximate surface area is 321 Å². The van der Waals surface area contributed by atoms with Gasteiger partial charge >= 0.3 is 5.97 Å². The number of hydrogen-bond donors (Lipinski definition) is 1. The molecule has 296 valence electrons. The maximum absolute atomic E-state index is 14.4. The van der Waals surface area contributed by atoms with Crippen molar-refractivity contribution in [2.75, 3.05) is 58.1 Å². The summed E-state index contributed by atoms with van der Waals surface area (Å²) in [7, 11) is -2.30. The lowest BCUT2D eigenvalue weighted by Gasteiger charge is -2.45. The van der Waals surface area contributed by atoms with Gasteiger partial charge in [0.2, 0.25) is 10.0 Å². The Balaban J connectivity index is 1.45. The fourth-order valence-corrected chi connectivity index (χ4v) is 8.96. The highest BCUT2D eigenvalue weighted by molar-refractivity contribution is 7.89. The number of aliphatic carboxylic acids is 1. The van der Waals surface area contributed by atoms with Crippen molar-refractivity contribution in [3.05, 3.63) is 89.0 Å². The number of ether oxygens (including phenoxy) is 5. The molecule has 11 nitrogen and oxygen atoms in total. The van der Waals surface area contributed by atoms with Crippen molar-refractivity contribution in [1.82, 2.24) is 4.31 Å². The van der Waals surface area contributed by atoms with Crippen LogP contribution in [-0.4, -0.2) is 95.2 Å². The molecule has 0 radical (unpaired) electrons. The third-order valence-electron chi connectivity index (χ3n) is 10.4. The molecule has 5 rings (SSSR count). The first-order valence-corrected chi connectivity index (χ1v) is 20.5. The van der Waals surface area contributed by atoms with Gasteiger partial charge in [0.1, 0.15) is 12.4 Å². The maximum Gasteiger partial charge on any atom is 0.309 e. The van der Waals surface area contributed by atoms with Crippen molar-refractivity contribution in [3.63, 3.8) is 0 Å². The van der Waals surface area contributed by atoms with Gasteiger partial charge in [-0.2, -0.15) is 4.31 Å². The number of benzene rings is 3. The Kier molecular flexibility index (Phi) is 14.6. The van der Waals surface area contributed by atoms with Crippen molar-refractivity contribution in [1.29, 1.82) is 0 Å². The van der Waals surface area contributed by atoms with E-state index in [4.69, 9.17) is 23.7 Å². The second kappa shape index (κ2) is 18.9. The molecule has 1 unspecified atom stereocenters. The molecule has 0 aliphatic carbocycles. The number of rotatable bonds is 19. The van der Waals surface area contributed by atoms with Crippen LogP contribution in [0, 0.1) is 12.3 Å². The first-order valence-electron chi connectivity index (χ1n) is 19.0. The topological polar surface area (TPSA) is 124 Å². The standard InChI is InChI=1S/C42H58N2O9S/c1-7-51-31(3)27-50-28-32-11-14-34(15-12-32)37-24-35(25-42(4,5)41(45)46)44(54(47,48)36-16-9-30(2)10-17-36)26-40(37)53-29-33-13-18-39-38(23-33)43(20-22-52-39)19-8-21-49-6/h9-18,23,31,35,37,40H,7-8,19-22,24-29H2,1-6H3,(H,45,46)/t31?,35-,37-,40+/m1/s1. The molecule has 0 bridgehead atoms. The zero-order chi connectivity index (χ0) is 38.9. The Morgan fingerprint density at radius 1 is 1.04 bits per heavy atom. The van der Waals surface area contributed by atoms with Crippen molar-refractivity contribution >= 4 is 21.7 Å². The van der Waals surface area contributed by atoms with Crippen LogP contribution in [0.1, 0.15) is 75.1 Å². The predicted octanol–water partition coefficient (Wildman–Crippen LogP) is 6.81. The van der Waals surface area contributed by atoms with E-state index in [9.17, 15) is 18.3 Å². The minimum atomic E-state index is -4.01. The van der Waals surface area contributed by atoms with Gasteiger partial charge in [-0.3, -0.25) is 4.79 Å². The number of sulfonamides is 1. The molecule has 0 spiro atoms. The van der Waals surface area contributed by atoms with Crippen LogP contribution in [0.2, 0.25) is 0 Å². The highest BCUT2D eigenvalue weighted by atomic mass is 32.2. The van der Waals surface area contributed by atoms with Gasteiger partial charge in [-0.25, -0.2) is 8.42 Å². The van der Waals surface area contributed by atoms with E-state index < -0.39 is 33.6 Å². The smallest absolute Gasteiger partial charge is 0.309 e. The van der Waals surface area contributed by atoms with Gasteiger partial charge in [-0.15, -0.1) is 0 Å². The van der Waals surface area contributed by atoms with E-state index in [1.807, 2.05) is 45.0 Å². The largest absolute Gasteiger partial charge is 0.490 e.